The number of amides is 1. The van der Waals surface area contributed by atoms with Gasteiger partial charge in [0.1, 0.15) is 16.4 Å². The minimum absolute atomic E-state index is 0.0422. The Labute approximate surface area is 158 Å². The summed E-state index contributed by atoms with van der Waals surface area (Å²) in [5.74, 6) is -0.00729. The lowest BCUT2D eigenvalue weighted by atomic mass is 10.1. The van der Waals surface area contributed by atoms with Crippen LogP contribution in [0.25, 0.3) is 0 Å². The van der Waals surface area contributed by atoms with E-state index in [9.17, 15) is 18.3 Å². The van der Waals surface area contributed by atoms with E-state index in [0.29, 0.717) is 13.0 Å². The highest BCUT2D eigenvalue weighted by Gasteiger charge is 2.30. The third-order valence-corrected chi connectivity index (χ3v) is 5.77. The van der Waals surface area contributed by atoms with Gasteiger partial charge in [-0.05, 0) is 55.2 Å². The van der Waals surface area contributed by atoms with Gasteiger partial charge in [-0.2, -0.15) is 0 Å². The van der Waals surface area contributed by atoms with E-state index in [1.165, 1.54) is 25.3 Å². The number of phenols is 1. The van der Waals surface area contributed by atoms with Crippen molar-refractivity contribution >= 4 is 15.9 Å². The summed E-state index contributed by atoms with van der Waals surface area (Å²) in [7, 11) is -2.36. The summed E-state index contributed by atoms with van der Waals surface area (Å²) in [5.41, 5.74) is 1.13. The monoisotopic (exact) mass is 390 g/mol. The van der Waals surface area contributed by atoms with Crippen LogP contribution in [0.15, 0.2) is 47.4 Å². The van der Waals surface area contributed by atoms with Crippen LogP contribution < -0.4 is 14.8 Å². The number of rotatable bonds is 8. The summed E-state index contributed by atoms with van der Waals surface area (Å²) >= 11 is 0. The Kier molecular flexibility index (Phi) is 5.67. The van der Waals surface area contributed by atoms with E-state index in [1.54, 1.807) is 18.2 Å². The lowest BCUT2D eigenvalue weighted by Crippen LogP contribution is -2.28. The molecule has 7 nitrogen and oxygen atoms in total. The first-order valence-electron chi connectivity index (χ1n) is 8.65. The third kappa shape index (κ3) is 4.99. The smallest absolute Gasteiger partial charge is 0.251 e. The maximum absolute atomic E-state index is 12.5. The molecule has 1 fully saturated rings. The van der Waals surface area contributed by atoms with Crippen LogP contribution in [-0.4, -0.2) is 39.1 Å². The highest BCUT2D eigenvalue weighted by Crippen LogP contribution is 2.28. The van der Waals surface area contributed by atoms with Gasteiger partial charge in [0.25, 0.3) is 5.91 Å². The van der Waals surface area contributed by atoms with Gasteiger partial charge in [0.15, 0.2) is 0 Å². The molecule has 3 rings (SSSR count). The maximum atomic E-state index is 12.5. The molecule has 1 saturated carbocycles. The van der Waals surface area contributed by atoms with Gasteiger partial charge in [-0.15, -0.1) is 0 Å². The normalized spacial score (nSPS) is 14.0. The minimum Gasteiger partial charge on any atom is -0.508 e. The number of methoxy groups -OCH3 is 1. The van der Waals surface area contributed by atoms with Gasteiger partial charge in [-0.1, -0.05) is 12.1 Å². The molecule has 3 N–H and O–H groups in total. The molecule has 0 unspecified atom stereocenters. The number of aromatic hydroxyl groups is 1. The van der Waals surface area contributed by atoms with E-state index in [2.05, 4.69) is 10.0 Å². The predicted molar refractivity (Wildman–Crippen MR) is 100 cm³/mol. The first-order chi connectivity index (χ1) is 12.9. The van der Waals surface area contributed by atoms with E-state index in [0.717, 1.165) is 18.4 Å². The third-order valence-electron chi connectivity index (χ3n) is 4.22. The zero-order valence-electron chi connectivity index (χ0n) is 14.9. The lowest BCUT2D eigenvalue weighted by Gasteiger charge is -2.12. The standard InChI is InChI=1S/C19H22N2O5S/c1-26-17-8-5-14(12-18(17)27(24,25)21-15-6-7-15)19(23)20-10-9-13-3-2-4-16(22)11-13/h2-5,8,11-12,15,21-22H,6-7,9-10H2,1H3,(H,20,23). The molecular formula is C19H22N2O5S. The van der Waals surface area contributed by atoms with Crippen LogP contribution in [-0.2, 0) is 16.4 Å². The van der Waals surface area contributed by atoms with Crippen LogP contribution in [0.1, 0.15) is 28.8 Å². The van der Waals surface area contributed by atoms with E-state index >= 15 is 0 Å². The number of benzene rings is 2. The Morgan fingerprint density at radius 1 is 1.22 bits per heavy atom. The highest BCUT2D eigenvalue weighted by atomic mass is 32.2. The van der Waals surface area contributed by atoms with Crippen molar-refractivity contribution in [3.8, 4) is 11.5 Å². The molecule has 27 heavy (non-hydrogen) atoms. The average Bonchev–Trinajstić information content (AvgIpc) is 3.44. The summed E-state index contributed by atoms with van der Waals surface area (Å²) in [6.45, 7) is 0.358. The Hall–Kier alpha value is -2.58. The van der Waals surface area contributed by atoms with Gasteiger partial charge < -0.3 is 15.2 Å². The molecule has 0 heterocycles. The number of hydrogen-bond acceptors (Lipinski definition) is 5. The van der Waals surface area contributed by atoms with Crippen molar-refractivity contribution in [1.29, 1.82) is 0 Å². The summed E-state index contributed by atoms with van der Waals surface area (Å²) in [5, 5.41) is 12.2. The second-order valence-corrected chi connectivity index (χ2v) is 8.12. The van der Waals surface area contributed by atoms with Crippen LogP contribution in [0.5, 0.6) is 11.5 Å². The molecule has 2 aromatic rings. The summed E-state index contributed by atoms with van der Waals surface area (Å²) < 4.78 is 32.8. The van der Waals surface area contributed by atoms with E-state index < -0.39 is 10.0 Å². The maximum Gasteiger partial charge on any atom is 0.251 e. The fraction of sp³-hybridized carbons (Fsp3) is 0.316. The van der Waals surface area contributed by atoms with Gasteiger partial charge in [-0.25, -0.2) is 13.1 Å². The molecule has 144 valence electrons. The van der Waals surface area contributed by atoms with Crippen LogP contribution in [0, 0.1) is 0 Å². The summed E-state index contributed by atoms with van der Waals surface area (Å²) in [4.78, 5) is 12.4. The second-order valence-electron chi connectivity index (χ2n) is 6.44. The molecule has 1 amide bonds. The minimum atomic E-state index is -3.75. The van der Waals surface area contributed by atoms with Crippen molar-refractivity contribution in [2.24, 2.45) is 0 Å². The Morgan fingerprint density at radius 3 is 2.67 bits per heavy atom. The van der Waals surface area contributed by atoms with Crippen LogP contribution in [0.2, 0.25) is 0 Å². The number of carbonyl (C=O) groups excluding carboxylic acids is 1. The number of ether oxygens (including phenoxy) is 1. The van der Waals surface area contributed by atoms with E-state index in [4.69, 9.17) is 4.74 Å². The molecule has 0 atom stereocenters. The van der Waals surface area contributed by atoms with Gasteiger partial charge in [-0.3, -0.25) is 4.79 Å². The van der Waals surface area contributed by atoms with Crippen LogP contribution >= 0.6 is 0 Å². The molecule has 0 spiro atoms. The molecule has 8 heteroatoms. The van der Waals surface area contributed by atoms with Crippen LogP contribution in [0.3, 0.4) is 0 Å². The fourth-order valence-electron chi connectivity index (χ4n) is 2.65. The number of sulfonamides is 1. The number of phenolic OH excluding ortho intramolecular Hbond substituents is 1. The largest absolute Gasteiger partial charge is 0.508 e. The van der Waals surface area contributed by atoms with E-state index in [-0.39, 0.29) is 33.9 Å². The Bertz CT molecular complexity index is 939. The van der Waals surface area contributed by atoms with Crippen molar-refractivity contribution in [1.82, 2.24) is 10.0 Å². The van der Waals surface area contributed by atoms with E-state index in [1.807, 2.05) is 6.07 Å². The number of carbonyl (C=O) groups is 1. The summed E-state index contributed by atoms with van der Waals surface area (Å²) in [6, 6.07) is 11.1. The SMILES string of the molecule is COc1ccc(C(=O)NCCc2cccc(O)c2)cc1S(=O)(=O)NC1CC1. The molecule has 0 aromatic heterocycles. The highest BCUT2D eigenvalue weighted by molar-refractivity contribution is 7.89. The fourth-order valence-corrected chi connectivity index (χ4v) is 4.15. The van der Waals surface area contributed by atoms with Crippen molar-refractivity contribution in [3.05, 3.63) is 53.6 Å². The number of hydrogen-bond donors (Lipinski definition) is 3. The quantitative estimate of drug-likeness (QED) is 0.638. The van der Waals surface area contributed by atoms with Gasteiger partial charge in [0, 0.05) is 18.2 Å². The topological polar surface area (TPSA) is 105 Å². The zero-order valence-corrected chi connectivity index (χ0v) is 15.8. The Balaban J connectivity index is 1.70. The molecule has 2 aromatic carbocycles. The molecule has 0 aliphatic heterocycles. The molecule has 0 saturated heterocycles. The second kappa shape index (κ2) is 7.98. The van der Waals surface area contributed by atoms with Crippen molar-refractivity contribution in [3.63, 3.8) is 0 Å². The van der Waals surface area contributed by atoms with Gasteiger partial charge >= 0.3 is 0 Å². The lowest BCUT2D eigenvalue weighted by molar-refractivity contribution is 0.0954. The number of nitrogens with one attached hydrogen (secondary N) is 2. The average molecular weight is 390 g/mol. The summed E-state index contributed by atoms with van der Waals surface area (Å²) in [6.07, 6.45) is 2.18. The molecule has 0 radical (unpaired) electrons. The van der Waals surface area contributed by atoms with Gasteiger partial charge in [0.05, 0.1) is 7.11 Å². The Morgan fingerprint density at radius 2 is 2.00 bits per heavy atom. The molecule has 1 aliphatic carbocycles. The van der Waals surface area contributed by atoms with Crippen molar-refractivity contribution in [2.75, 3.05) is 13.7 Å². The molecule has 1 aliphatic rings. The first-order valence-corrected chi connectivity index (χ1v) is 10.1. The van der Waals surface area contributed by atoms with Crippen molar-refractivity contribution in [2.45, 2.75) is 30.2 Å². The van der Waals surface area contributed by atoms with Crippen LogP contribution in [0.4, 0.5) is 0 Å². The van der Waals surface area contributed by atoms with Crippen molar-refractivity contribution < 1.29 is 23.1 Å². The zero-order chi connectivity index (χ0) is 19.4. The molecular weight excluding hydrogens is 368 g/mol. The first kappa shape index (κ1) is 19.2. The van der Waals surface area contributed by atoms with Gasteiger partial charge in [0.2, 0.25) is 10.0 Å². The molecule has 0 bridgehead atoms. The predicted octanol–water partition coefficient (Wildman–Crippen LogP) is 1.81.